The first-order valence-electron chi connectivity index (χ1n) is 4.50. The first kappa shape index (κ1) is 5.62. The molecule has 0 aromatic rings. The highest BCUT2D eigenvalue weighted by Gasteiger charge is 2.86. The SMILES string of the molecule is CC1(C)CC1C12CC1(C)C2. The second kappa shape index (κ2) is 1.00. The van der Waals surface area contributed by atoms with E-state index in [0.29, 0.717) is 0 Å². The van der Waals surface area contributed by atoms with Gasteiger partial charge in [-0.05, 0) is 41.4 Å². The fraction of sp³-hybridized carbons (Fsp3) is 1.00. The maximum atomic E-state index is 2.47. The first-order chi connectivity index (χ1) is 4.50. The van der Waals surface area contributed by atoms with Crippen molar-refractivity contribution in [2.24, 2.45) is 22.2 Å². The zero-order valence-electron chi connectivity index (χ0n) is 7.20. The number of rotatable bonds is 1. The van der Waals surface area contributed by atoms with Crippen molar-refractivity contribution >= 4 is 0 Å². The van der Waals surface area contributed by atoms with E-state index in [2.05, 4.69) is 20.8 Å². The average molecular weight is 136 g/mol. The van der Waals surface area contributed by atoms with Gasteiger partial charge in [0.15, 0.2) is 0 Å². The van der Waals surface area contributed by atoms with Crippen molar-refractivity contribution in [1.29, 1.82) is 0 Å². The topological polar surface area (TPSA) is 0 Å². The molecule has 3 rings (SSSR count). The van der Waals surface area contributed by atoms with E-state index in [9.17, 15) is 0 Å². The van der Waals surface area contributed by atoms with Crippen LogP contribution in [0.15, 0.2) is 0 Å². The molecule has 10 heavy (non-hydrogen) atoms. The van der Waals surface area contributed by atoms with Crippen molar-refractivity contribution in [3.05, 3.63) is 0 Å². The van der Waals surface area contributed by atoms with Gasteiger partial charge >= 0.3 is 0 Å². The van der Waals surface area contributed by atoms with Crippen LogP contribution in [0.3, 0.4) is 0 Å². The maximum absolute atomic E-state index is 2.47. The molecule has 0 amide bonds. The summed E-state index contributed by atoms with van der Waals surface area (Å²) in [6.45, 7) is 7.34. The Morgan fingerprint density at radius 2 is 1.50 bits per heavy atom. The van der Waals surface area contributed by atoms with Gasteiger partial charge in [0.2, 0.25) is 0 Å². The molecule has 0 nitrogen and oxygen atoms in total. The summed E-state index contributed by atoms with van der Waals surface area (Å²) in [7, 11) is 0. The van der Waals surface area contributed by atoms with Gasteiger partial charge in [0.05, 0.1) is 0 Å². The molecule has 0 spiro atoms. The highest BCUT2D eigenvalue weighted by Crippen LogP contribution is 2.94. The third-order valence-corrected chi connectivity index (χ3v) is 4.54. The number of fused-ring (bicyclic) bond motifs is 1. The molecule has 3 aliphatic rings. The Labute approximate surface area is 63.0 Å². The van der Waals surface area contributed by atoms with E-state index in [0.717, 1.165) is 22.2 Å². The highest BCUT2D eigenvalue weighted by molar-refractivity contribution is 5.35. The molecule has 3 aliphatic carbocycles. The lowest BCUT2D eigenvalue weighted by Crippen LogP contribution is -1.97. The predicted molar refractivity (Wildman–Crippen MR) is 41.7 cm³/mol. The standard InChI is InChI=1S/C10H16/c1-8(2)4-7(8)10-5-9(10,3)6-10/h7H,4-6H2,1-3H3. The van der Waals surface area contributed by atoms with E-state index in [1.165, 1.54) is 6.42 Å². The molecule has 0 heteroatoms. The Kier molecular flexibility index (Phi) is 0.562. The third-order valence-electron chi connectivity index (χ3n) is 4.54. The maximum Gasteiger partial charge on any atom is -0.0199 e. The van der Waals surface area contributed by atoms with Crippen molar-refractivity contribution in [1.82, 2.24) is 0 Å². The predicted octanol–water partition coefficient (Wildman–Crippen LogP) is 2.83. The van der Waals surface area contributed by atoms with Crippen LogP contribution in [0.4, 0.5) is 0 Å². The van der Waals surface area contributed by atoms with Gasteiger partial charge < -0.3 is 0 Å². The smallest absolute Gasteiger partial charge is 0.0199 e. The molecule has 0 bridgehead atoms. The Morgan fingerprint density at radius 1 is 1.10 bits per heavy atom. The molecule has 3 fully saturated rings. The summed E-state index contributed by atoms with van der Waals surface area (Å²) in [5.74, 6) is 1.12. The van der Waals surface area contributed by atoms with Gasteiger partial charge in [0.1, 0.15) is 0 Å². The van der Waals surface area contributed by atoms with E-state index in [-0.39, 0.29) is 0 Å². The fourth-order valence-corrected chi connectivity index (χ4v) is 3.33. The summed E-state index contributed by atoms with van der Waals surface area (Å²) < 4.78 is 0. The molecular weight excluding hydrogens is 120 g/mol. The van der Waals surface area contributed by atoms with Crippen molar-refractivity contribution in [2.45, 2.75) is 40.0 Å². The molecule has 0 saturated heterocycles. The molecule has 0 radical (unpaired) electrons. The second-order valence-corrected chi connectivity index (χ2v) is 5.82. The van der Waals surface area contributed by atoms with Gasteiger partial charge in [0, 0.05) is 0 Å². The summed E-state index contributed by atoms with van der Waals surface area (Å²) in [4.78, 5) is 0. The fourth-order valence-electron chi connectivity index (χ4n) is 3.33. The Balaban J connectivity index is 1.84. The zero-order valence-corrected chi connectivity index (χ0v) is 7.20. The lowest BCUT2D eigenvalue weighted by Gasteiger charge is -2.03. The Bertz CT molecular complexity index is 206. The summed E-state index contributed by atoms with van der Waals surface area (Å²) in [6.07, 6.45) is 4.64. The summed E-state index contributed by atoms with van der Waals surface area (Å²) in [5.41, 5.74) is 2.48. The van der Waals surface area contributed by atoms with E-state index in [4.69, 9.17) is 0 Å². The minimum atomic E-state index is 0.730. The summed E-state index contributed by atoms with van der Waals surface area (Å²) >= 11 is 0. The van der Waals surface area contributed by atoms with Gasteiger partial charge in [-0.3, -0.25) is 0 Å². The molecule has 0 aromatic heterocycles. The van der Waals surface area contributed by atoms with Crippen LogP contribution in [0.2, 0.25) is 0 Å². The van der Waals surface area contributed by atoms with Crippen molar-refractivity contribution in [2.75, 3.05) is 0 Å². The lowest BCUT2D eigenvalue weighted by molar-refractivity contribution is 0.451. The highest BCUT2D eigenvalue weighted by atomic mass is 14.9. The van der Waals surface area contributed by atoms with Crippen LogP contribution < -0.4 is 0 Å². The van der Waals surface area contributed by atoms with E-state index < -0.39 is 0 Å². The van der Waals surface area contributed by atoms with Crippen LogP contribution >= 0.6 is 0 Å². The zero-order chi connectivity index (χ0) is 7.20. The molecule has 0 heterocycles. The molecule has 0 N–H and O–H groups in total. The molecule has 1 atom stereocenters. The molecule has 0 aromatic carbocycles. The van der Waals surface area contributed by atoms with Crippen molar-refractivity contribution < 1.29 is 0 Å². The van der Waals surface area contributed by atoms with Crippen LogP contribution in [-0.4, -0.2) is 0 Å². The minimum Gasteiger partial charge on any atom is -0.0596 e. The second-order valence-electron chi connectivity index (χ2n) is 5.82. The molecular formula is C10H16. The van der Waals surface area contributed by atoms with Crippen LogP contribution in [0, 0.1) is 22.2 Å². The number of hydrogen-bond acceptors (Lipinski definition) is 0. The normalized spacial score (nSPS) is 66.9. The van der Waals surface area contributed by atoms with Crippen LogP contribution in [0.5, 0.6) is 0 Å². The number of hydrogen-bond donors (Lipinski definition) is 0. The quantitative estimate of drug-likeness (QED) is 0.520. The molecule has 0 aliphatic heterocycles. The van der Waals surface area contributed by atoms with E-state index in [1.54, 1.807) is 12.8 Å². The monoisotopic (exact) mass is 136 g/mol. The third kappa shape index (κ3) is 0.383. The van der Waals surface area contributed by atoms with Crippen LogP contribution in [-0.2, 0) is 0 Å². The van der Waals surface area contributed by atoms with Gasteiger partial charge in [-0.1, -0.05) is 20.8 Å². The molecule has 3 saturated carbocycles. The first-order valence-corrected chi connectivity index (χ1v) is 4.50. The Hall–Kier alpha value is 0. The van der Waals surface area contributed by atoms with Gasteiger partial charge in [-0.15, -0.1) is 0 Å². The van der Waals surface area contributed by atoms with Gasteiger partial charge in [-0.2, -0.15) is 0 Å². The van der Waals surface area contributed by atoms with Gasteiger partial charge in [-0.25, -0.2) is 0 Å². The molecule has 56 valence electrons. The van der Waals surface area contributed by atoms with Crippen molar-refractivity contribution in [3.63, 3.8) is 0 Å². The van der Waals surface area contributed by atoms with Crippen molar-refractivity contribution in [3.8, 4) is 0 Å². The van der Waals surface area contributed by atoms with E-state index >= 15 is 0 Å². The average Bonchev–Trinajstić information content (AvgIpc) is 2.51. The van der Waals surface area contributed by atoms with Gasteiger partial charge in [0.25, 0.3) is 0 Å². The summed E-state index contributed by atoms with van der Waals surface area (Å²) in [5, 5.41) is 0. The summed E-state index contributed by atoms with van der Waals surface area (Å²) in [6, 6.07) is 0. The van der Waals surface area contributed by atoms with Crippen LogP contribution in [0.25, 0.3) is 0 Å². The molecule has 1 unspecified atom stereocenters. The van der Waals surface area contributed by atoms with E-state index in [1.807, 2.05) is 0 Å². The van der Waals surface area contributed by atoms with Crippen LogP contribution in [0.1, 0.15) is 40.0 Å². The lowest BCUT2D eigenvalue weighted by atomic mass is 10.0. The largest absolute Gasteiger partial charge is 0.0596 e. The Morgan fingerprint density at radius 3 is 1.60 bits per heavy atom. The minimum absolute atomic E-state index is 0.730.